The summed E-state index contributed by atoms with van der Waals surface area (Å²) in [4.78, 5) is 33.3. The van der Waals surface area contributed by atoms with Gasteiger partial charge in [0.1, 0.15) is 5.82 Å². The van der Waals surface area contributed by atoms with E-state index < -0.39 is 11.9 Å². The summed E-state index contributed by atoms with van der Waals surface area (Å²) in [5.41, 5.74) is 1.68. The number of carbonyl (C=O) groups excluding carboxylic acids is 1. The topological polar surface area (TPSA) is 103 Å². The first kappa shape index (κ1) is 22.7. The summed E-state index contributed by atoms with van der Waals surface area (Å²) in [5.74, 6) is 1.16. The second-order valence-electron chi connectivity index (χ2n) is 7.04. The van der Waals surface area contributed by atoms with Crippen LogP contribution in [0.15, 0.2) is 39.4 Å². The van der Waals surface area contributed by atoms with Gasteiger partial charge in [-0.25, -0.2) is 9.78 Å². The third-order valence-corrected chi connectivity index (χ3v) is 6.06. The van der Waals surface area contributed by atoms with Gasteiger partial charge in [0.2, 0.25) is 0 Å². The average molecular weight is 446 g/mol. The number of rotatable bonds is 8. The number of thioether (sulfide) groups is 1. The van der Waals surface area contributed by atoms with Gasteiger partial charge in [-0.05, 0) is 31.0 Å². The van der Waals surface area contributed by atoms with Gasteiger partial charge in [0.25, 0.3) is 5.56 Å². The van der Waals surface area contributed by atoms with Gasteiger partial charge in [-0.2, -0.15) is 0 Å². The number of hydrogen-bond donors (Lipinski definition) is 2. The molecular formula is C22H27N3O5S. The Bertz CT molecular complexity index is 1060. The third-order valence-electron chi connectivity index (χ3n) is 5.10. The van der Waals surface area contributed by atoms with Crippen LogP contribution in [0, 0.1) is 0 Å². The second kappa shape index (κ2) is 9.91. The normalized spacial score (nSPS) is 15.2. The fourth-order valence-corrected chi connectivity index (χ4v) is 4.51. The summed E-state index contributed by atoms with van der Waals surface area (Å²) in [6.45, 7) is 3.89. The van der Waals surface area contributed by atoms with E-state index in [1.807, 2.05) is 0 Å². The van der Waals surface area contributed by atoms with Crippen molar-refractivity contribution < 1.29 is 19.0 Å². The van der Waals surface area contributed by atoms with Crippen LogP contribution in [0.3, 0.4) is 0 Å². The van der Waals surface area contributed by atoms with E-state index in [4.69, 9.17) is 14.2 Å². The van der Waals surface area contributed by atoms with Crippen molar-refractivity contribution in [2.45, 2.75) is 37.8 Å². The summed E-state index contributed by atoms with van der Waals surface area (Å²) in [5, 5.41) is 3.67. The molecule has 0 fully saturated rings. The Labute approximate surface area is 185 Å². The molecule has 1 aromatic carbocycles. The minimum atomic E-state index is -0.672. The number of ether oxygens (including phenoxy) is 3. The number of aromatic nitrogens is 2. The summed E-state index contributed by atoms with van der Waals surface area (Å²) in [7, 11) is 4.40. The number of unbranched alkanes of at least 4 members (excludes halogenated alkanes) is 1. The highest BCUT2D eigenvalue weighted by Gasteiger charge is 2.36. The Balaban J connectivity index is 2.18. The number of methoxy groups -OCH3 is 3. The number of hydrogen-bond acceptors (Lipinski definition) is 8. The van der Waals surface area contributed by atoms with E-state index in [1.165, 1.54) is 26.0 Å². The predicted octanol–water partition coefficient (Wildman–Crippen LogP) is 3.68. The van der Waals surface area contributed by atoms with E-state index in [9.17, 15) is 9.59 Å². The molecule has 2 N–H and O–H groups in total. The van der Waals surface area contributed by atoms with Crippen molar-refractivity contribution in [2.75, 3.05) is 32.4 Å². The minimum absolute atomic E-state index is 0.301. The van der Waals surface area contributed by atoms with Crippen LogP contribution in [0.1, 0.15) is 43.7 Å². The van der Waals surface area contributed by atoms with Gasteiger partial charge in [0.05, 0.1) is 38.4 Å². The number of aromatic amines is 1. The summed E-state index contributed by atoms with van der Waals surface area (Å²) in [6, 6.07) is 5.32. The maximum Gasteiger partial charge on any atom is 0.336 e. The van der Waals surface area contributed by atoms with Gasteiger partial charge in [-0.3, -0.25) is 4.79 Å². The van der Waals surface area contributed by atoms with Crippen LogP contribution in [0.4, 0.5) is 5.82 Å². The van der Waals surface area contributed by atoms with Crippen LogP contribution in [-0.4, -0.2) is 43.0 Å². The first-order valence-corrected chi connectivity index (χ1v) is 11.0. The van der Waals surface area contributed by atoms with Crippen molar-refractivity contribution in [1.29, 1.82) is 0 Å². The van der Waals surface area contributed by atoms with E-state index in [2.05, 4.69) is 22.2 Å². The number of esters is 1. The van der Waals surface area contributed by atoms with Crippen molar-refractivity contribution in [3.05, 3.63) is 50.9 Å². The minimum Gasteiger partial charge on any atom is -0.493 e. The number of H-pyrrole nitrogens is 1. The zero-order valence-electron chi connectivity index (χ0n) is 18.3. The molecule has 1 aromatic heterocycles. The maximum atomic E-state index is 13.2. The first-order chi connectivity index (χ1) is 14.9. The Kier molecular flexibility index (Phi) is 7.27. The number of allylic oxidation sites excluding steroid dienone is 1. The fourth-order valence-electron chi connectivity index (χ4n) is 3.56. The van der Waals surface area contributed by atoms with Gasteiger partial charge in [-0.1, -0.05) is 31.2 Å². The molecule has 0 saturated carbocycles. The Morgan fingerprint density at radius 1 is 1.19 bits per heavy atom. The molecule has 0 amide bonds. The predicted molar refractivity (Wildman–Crippen MR) is 120 cm³/mol. The molecule has 9 heteroatoms. The zero-order valence-corrected chi connectivity index (χ0v) is 19.1. The molecule has 31 heavy (non-hydrogen) atoms. The Morgan fingerprint density at radius 3 is 2.58 bits per heavy atom. The summed E-state index contributed by atoms with van der Waals surface area (Å²) in [6.07, 6.45) is 2.09. The molecule has 0 bridgehead atoms. The lowest BCUT2D eigenvalue weighted by Gasteiger charge is -2.29. The van der Waals surface area contributed by atoms with E-state index in [0.29, 0.717) is 44.9 Å². The van der Waals surface area contributed by atoms with E-state index in [1.54, 1.807) is 32.2 Å². The van der Waals surface area contributed by atoms with Gasteiger partial charge < -0.3 is 24.5 Å². The largest absolute Gasteiger partial charge is 0.493 e. The molecule has 2 heterocycles. The number of anilines is 1. The highest BCUT2D eigenvalue weighted by atomic mass is 32.2. The highest BCUT2D eigenvalue weighted by Crippen LogP contribution is 2.42. The lowest BCUT2D eigenvalue weighted by Crippen LogP contribution is -2.31. The highest BCUT2D eigenvalue weighted by molar-refractivity contribution is 7.99. The van der Waals surface area contributed by atoms with E-state index >= 15 is 0 Å². The summed E-state index contributed by atoms with van der Waals surface area (Å²) < 4.78 is 15.8. The molecule has 0 unspecified atom stereocenters. The van der Waals surface area contributed by atoms with Crippen LogP contribution in [-0.2, 0) is 9.53 Å². The Morgan fingerprint density at radius 2 is 1.94 bits per heavy atom. The van der Waals surface area contributed by atoms with Gasteiger partial charge in [-0.15, -0.1) is 0 Å². The van der Waals surface area contributed by atoms with Crippen LogP contribution < -0.4 is 20.3 Å². The van der Waals surface area contributed by atoms with Gasteiger partial charge in [0.15, 0.2) is 16.7 Å². The third kappa shape index (κ3) is 4.56. The standard InChI is InChI=1S/C22H27N3O5S/c1-6-7-10-31-22-24-19-18(20(26)25-22)17(16(12(2)23-19)21(27)30-5)13-8-9-14(28-3)15(11-13)29-4/h8-9,11,17H,6-7,10H2,1-5H3,(H2,23,24,25,26)/t17-/m1/s1. The molecular weight excluding hydrogens is 418 g/mol. The smallest absolute Gasteiger partial charge is 0.336 e. The quantitative estimate of drug-likeness (QED) is 0.275. The lowest BCUT2D eigenvalue weighted by atomic mass is 9.82. The first-order valence-electron chi connectivity index (χ1n) is 10.00. The van der Waals surface area contributed by atoms with Crippen LogP contribution in [0.25, 0.3) is 0 Å². The van der Waals surface area contributed by atoms with Crippen LogP contribution in [0.2, 0.25) is 0 Å². The van der Waals surface area contributed by atoms with Crippen LogP contribution in [0.5, 0.6) is 11.5 Å². The number of benzene rings is 1. The van der Waals surface area contributed by atoms with Crippen molar-refractivity contribution in [3.8, 4) is 11.5 Å². The number of nitrogens with zero attached hydrogens (tertiary/aromatic N) is 1. The lowest BCUT2D eigenvalue weighted by molar-refractivity contribution is -0.136. The average Bonchev–Trinajstić information content (AvgIpc) is 2.77. The van der Waals surface area contributed by atoms with Crippen molar-refractivity contribution >= 4 is 23.5 Å². The molecule has 1 aliphatic rings. The Hall–Kier alpha value is -2.94. The van der Waals surface area contributed by atoms with Gasteiger partial charge in [0, 0.05) is 11.4 Å². The van der Waals surface area contributed by atoms with Gasteiger partial charge >= 0.3 is 5.97 Å². The number of nitrogens with one attached hydrogen (secondary N) is 2. The fraction of sp³-hybridized carbons (Fsp3) is 0.409. The molecule has 0 radical (unpaired) electrons. The molecule has 3 rings (SSSR count). The molecule has 166 valence electrons. The van der Waals surface area contributed by atoms with Crippen LogP contribution >= 0.6 is 11.8 Å². The molecule has 0 saturated heterocycles. The molecule has 2 aromatic rings. The van der Waals surface area contributed by atoms with Crippen molar-refractivity contribution in [1.82, 2.24) is 9.97 Å². The monoisotopic (exact) mass is 445 g/mol. The SMILES string of the molecule is CCCCSc1nc2c(c(=O)[nH]1)[C@H](c1ccc(OC)c(OC)c1)C(C(=O)OC)=C(C)N2. The summed E-state index contributed by atoms with van der Waals surface area (Å²) >= 11 is 1.50. The second-order valence-corrected chi connectivity index (χ2v) is 8.12. The van der Waals surface area contributed by atoms with Crippen molar-refractivity contribution in [3.63, 3.8) is 0 Å². The van der Waals surface area contributed by atoms with Crippen molar-refractivity contribution in [2.24, 2.45) is 0 Å². The molecule has 0 spiro atoms. The molecule has 0 aliphatic carbocycles. The van der Waals surface area contributed by atoms with E-state index in [0.717, 1.165) is 18.6 Å². The molecule has 1 aliphatic heterocycles. The molecule has 1 atom stereocenters. The van der Waals surface area contributed by atoms with E-state index in [-0.39, 0.29) is 5.56 Å². The molecule has 8 nitrogen and oxygen atoms in total. The zero-order chi connectivity index (χ0) is 22.5. The maximum absolute atomic E-state index is 13.2. The number of fused-ring (bicyclic) bond motifs is 1. The number of carbonyl (C=O) groups is 1.